The second-order valence-corrected chi connectivity index (χ2v) is 16.2. The number of benzene rings is 1. The number of nitro groups is 1. The molecule has 0 unspecified atom stereocenters. The molecule has 1 saturated carbocycles. The number of anilines is 6. The van der Waals surface area contributed by atoms with Crippen LogP contribution in [-0.2, 0) is 9.59 Å². The van der Waals surface area contributed by atoms with Crippen LogP contribution in [0.5, 0.6) is 0 Å². The maximum Gasteiger partial charge on any atom is 0.348 e. The van der Waals surface area contributed by atoms with Crippen LogP contribution in [0.2, 0.25) is 0 Å². The molecular weight excluding hydrogens is 819 g/mol. The molecule has 5 heterocycles. The van der Waals surface area contributed by atoms with Crippen LogP contribution >= 0.6 is 11.3 Å². The fraction of sp³-hybridized carbons (Fsp3) is 0.390. The number of hydrogen-bond acceptors (Lipinski definition) is 16. The summed E-state index contributed by atoms with van der Waals surface area (Å²) in [7, 11) is 0. The number of carbonyl (C=O) groups excluding carboxylic acids is 4. The van der Waals surface area contributed by atoms with Gasteiger partial charge >= 0.3 is 5.00 Å². The summed E-state index contributed by atoms with van der Waals surface area (Å²) in [4.78, 5) is 96.6. The minimum Gasteiger partial charge on any atom is -0.383 e. The molecule has 21 heteroatoms. The number of thiazole rings is 1. The summed E-state index contributed by atoms with van der Waals surface area (Å²) < 4.78 is 1.68. The lowest BCUT2D eigenvalue weighted by Gasteiger charge is -2.35. The van der Waals surface area contributed by atoms with Gasteiger partial charge in [0.05, 0.1) is 40.2 Å². The molecule has 2 aliphatic rings. The van der Waals surface area contributed by atoms with Crippen LogP contribution in [0.1, 0.15) is 77.5 Å². The highest BCUT2D eigenvalue weighted by Gasteiger charge is 2.27. The third kappa shape index (κ3) is 9.84. The van der Waals surface area contributed by atoms with E-state index in [4.69, 9.17) is 4.98 Å². The monoisotopic (exact) mass is 865 g/mol. The van der Waals surface area contributed by atoms with Crippen molar-refractivity contribution < 1.29 is 24.1 Å². The molecule has 1 saturated heterocycles. The fourth-order valence-corrected chi connectivity index (χ4v) is 8.60. The summed E-state index contributed by atoms with van der Waals surface area (Å²) in [6.45, 7) is 9.67. The lowest BCUT2D eigenvalue weighted by molar-refractivity contribution is -0.380. The summed E-state index contributed by atoms with van der Waals surface area (Å²) in [5.41, 5.74) is 3.08. The van der Waals surface area contributed by atoms with Gasteiger partial charge in [-0.25, -0.2) is 15.0 Å². The largest absolute Gasteiger partial charge is 0.383 e. The number of nitrogens with one attached hydrogen (secondary N) is 5. The zero-order valence-corrected chi connectivity index (χ0v) is 35.6. The van der Waals surface area contributed by atoms with Crippen molar-refractivity contribution in [2.24, 2.45) is 0 Å². The van der Waals surface area contributed by atoms with Crippen molar-refractivity contribution in [3.05, 3.63) is 85.6 Å². The topological polar surface area (TPSA) is 252 Å². The SMILES string of the molecule is CC(=O)Nc1cc(NCCNC(=O)CN2CCN(c3ccc(Nc4ncc5c(C)c(C(C)=O)c(=O)n(C6CCCC6)c5n4)nc3)CC2)ccc1C(=O)Nc1nc(C)c([N+](=O)[O-])s1. The number of hydrogen-bond donors (Lipinski definition) is 5. The van der Waals surface area contributed by atoms with Gasteiger partial charge in [0.2, 0.25) is 17.8 Å². The Kier molecular flexibility index (Phi) is 13.1. The lowest BCUT2D eigenvalue weighted by atomic mass is 10.0. The van der Waals surface area contributed by atoms with Crippen molar-refractivity contribution in [1.82, 2.24) is 34.7 Å². The Morgan fingerprint density at radius 3 is 2.35 bits per heavy atom. The predicted molar refractivity (Wildman–Crippen MR) is 236 cm³/mol. The minimum atomic E-state index is -0.594. The number of aryl methyl sites for hydroxylation is 2. The minimum absolute atomic E-state index is 0.0193. The third-order valence-corrected chi connectivity index (χ3v) is 11.9. The standard InChI is InChI=1S/C41H47N13O7S/c1-23-31-21-45-40(49-36(31)53(28-7-5-6-8-28)38(59)35(23)25(3)55)48-33-12-10-29(20-44-33)52-17-15-51(16-18-52)22-34(57)43-14-13-42-27-9-11-30(32(19-27)47-26(4)56)37(58)50-41-46-24(2)39(62-41)54(60)61/h9-12,19-21,28,42H,5-8,13-18,22H2,1-4H3,(H,43,57)(H,47,56)(H,46,50,58)(H,44,45,48,49). The van der Waals surface area contributed by atoms with Crippen LogP contribution in [0, 0.1) is 24.0 Å². The Morgan fingerprint density at radius 2 is 1.69 bits per heavy atom. The van der Waals surface area contributed by atoms with Crippen LogP contribution in [0.4, 0.5) is 39.0 Å². The second-order valence-electron chi connectivity index (χ2n) is 15.2. The highest BCUT2D eigenvalue weighted by Crippen LogP contribution is 2.33. The van der Waals surface area contributed by atoms with E-state index in [0.29, 0.717) is 73.3 Å². The lowest BCUT2D eigenvalue weighted by Crippen LogP contribution is -2.49. The number of aromatic nitrogens is 5. The molecule has 7 rings (SSSR count). The Labute approximate surface area is 359 Å². The molecule has 1 aliphatic carbocycles. The van der Waals surface area contributed by atoms with E-state index in [1.165, 1.54) is 26.8 Å². The molecule has 0 spiro atoms. The summed E-state index contributed by atoms with van der Waals surface area (Å²) >= 11 is 0.743. The molecule has 3 amide bonds. The number of fused-ring (bicyclic) bond motifs is 1. The van der Waals surface area contributed by atoms with Gasteiger partial charge in [0.25, 0.3) is 11.5 Å². The first-order valence-electron chi connectivity index (χ1n) is 20.2. The smallest absolute Gasteiger partial charge is 0.348 e. The summed E-state index contributed by atoms with van der Waals surface area (Å²) in [6.07, 6.45) is 7.18. The van der Waals surface area contributed by atoms with Gasteiger partial charge in [-0.3, -0.25) is 48.9 Å². The number of amides is 3. The highest BCUT2D eigenvalue weighted by molar-refractivity contribution is 7.19. The molecule has 20 nitrogen and oxygen atoms in total. The maximum atomic E-state index is 13.6. The average molecular weight is 866 g/mol. The molecule has 1 aliphatic heterocycles. The van der Waals surface area contributed by atoms with E-state index in [0.717, 1.165) is 42.7 Å². The summed E-state index contributed by atoms with van der Waals surface area (Å²) in [6, 6.07) is 8.55. The van der Waals surface area contributed by atoms with Crippen molar-refractivity contribution in [3.8, 4) is 0 Å². The van der Waals surface area contributed by atoms with Gasteiger partial charge in [0.1, 0.15) is 17.2 Å². The van der Waals surface area contributed by atoms with Gasteiger partial charge in [-0.05, 0) is 80.8 Å². The van der Waals surface area contributed by atoms with Gasteiger partial charge in [0.15, 0.2) is 10.9 Å². The van der Waals surface area contributed by atoms with Crippen LogP contribution in [0.3, 0.4) is 0 Å². The van der Waals surface area contributed by atoms with E-state index < -0.39 is 16.7 Å². The second kappa shape index (κ2) is 18.8. The highest BCUT2D eigenvalue weighted by atomic mass is 32.1. The summed E-state index contributed by atoms with van der Waals surface area (Å²) in [5.74, 6) is -0.531. The van der Waals surface area contributed by atoms with E-state index >= 15 is 0 Å². The number of rotatable bonds is 15. The van der Waals surface area contributed by atoms with Gasteiger partial charge in [-0.15, -0.1) is 0 Å². The first kappa shape index (κ1) is 43.2. The number of piperazine rings is 1. The van der Waals surface area contributed by atoms with Crippen molar-refractivity contribution in [2.75, 3.05) is 72.0 Å². The Morgan fingerprint density at radius 1 is 0.935 bits per heavy atom. The number of ketones is 1. The van der Waals surface area contributed by atoms with Gasteiger partial charge in [0, 0.05) is 69.5 Å². The zero-order valence-electron chi connectivity index (χ0n) is 34.7. The number of Topliss-reactive ketones (excluding diaryl/α,β-unsaturated/α-hetero) is 1. The normalized spacial score (nSPS) is 14.4. The molecule has 2 fully saturated rings. The van der Waals surface area contributed by atoms with Crippen molar-refractivity contribution in [1.29, 1.82) is 0 Å². The van der Waals surface area contributed by atoms with Crippen molar-refractivity contribution >= 4 is 84.8 Å². The molecule has 4 aromatic heterocycles. The van der Waals surface area contributed by atoms with Crippen LogP contribution in [0.25, 0.3) is 11.0 Å². The zero-order chi connectivity index (χ0) is 44.1. The van der Waals surface area contributed by atoms with Crippen LogP contribution in [-0.4, -0.2) is 104 Å². The van der Waals surface area contributed by atoms with E-state index in [-0.39, 0.29) is 62.5 Å². The van der Waals surface area contributed by atoms with E-state index in [2.05, 4.69) is 51.3 Å². The molecule has 0 radical (unpaired) electrons. The van der Waals surface area contributed by atoms with E-state index in [1.807, 2.05) is 12.1 Å². The first-order valence-corrected chi connectivity index (χ1v) is 21.1. The van der Waals surface area contributed by atoms with Gasteiger partial charge in [-0.2, -0.15) is 4.98 Å². The van der Waals surface area contributed by atoms with Crippen LogP contribution < -0.4 is 37.0 Å². The average Bonchev–Trinajstić information content (AvgIpc) is 3.90. The molecular formula is C41H47N13O7S. The Hall–Kier alpha value is -6.87. The number of pyridine rings is 2. The maximum absolute atomic E-state index is 13.6. The van der Waals surface area contributed by atoms with Gasteiger partial charge < -0.3 is 26.2 Å². The quantitative estimate of drug-likeness (QED) is 0.0411. The number of carbonyl (C=O) groups is 4. The number of nitrogens with zero attached hydrogens (tertiary/aromatic N) is 8. The van der Waals surface area contributed by atoms with E-state index in [1.54, 1.807) is 36.0 Å². The molecule has 324 valence electrons. The molecule has 1 aromatic carbocycles. The molecule has 0 atom stereocenters. The van der Waals surface area contributed by atoms with Crippen molar-refractivity contribution in [3.63, 3.8) is 0 Å². The van der Waals surface area contributed by atoms with Crippen molar-refractivity contribution in [2.45, 2.75) is 59.4 Å². The van der Waals surface area contributed by atoms with Gasteiger partial charge in [-0.1, -0.05) is 12.8 Å². The predicted octanol–water partition coefficient (Wildman–Crippen LogP) is 4.79. The Bertz CT molecular complexity index is 2600. The van der Waals surface area contributed by atoms with E-state index in [9.17, 15) is 34.1 Å². The molecule has 5 N–H and O–H groups in total. The van der Waals surface area contributed by atoms with Crippen LogP contribution in [0.15, 0.2) is 47.5 Å². The fourth-order valence-electron chi connectivity index (χ4n) is 7.82. The molecule has 0 bridgehead atoms. The Balaban J connectivity index is 0.873. The molecule has 5 aromatic rings. The summed E-state index contributed by atoms with van der Waals surface area (Å²) in [5, 5.41) is 26.2. The first-order chi connectivity index (χ1) is 29.7. The molecule has 62 heavy (non-hydrogen) atoms. The third-order valence-electron chi connectivity index (χ3n) is 10.9.